The standard InChI is InChI=1S/C12H16N2O3S/c15-8-9-3-4-14(7-9)11(16)6-13-12(17)10-2-1-5-18-10/h1-2,5,9,15H,3-4,6-8H2,(H,13,17). The third kappa shape index (κ3) is 3.08. The van der Waals surface area contributed by atoms with Gasteiger partial charge >= 0.3 is 0 Å². The molecule has 1 aliphatic rings. The molecule has 0 spiro atoms. The van der Waals surface area contributed by atoms with E-state index in [2.05, 4.69) is 5.32 Å². The van der Waals surface area contributed by atoms with E-state index in [1.54, 1.807) is 17.0 Å². The summed E-state index contributed by atoms with van der Waals surface area (Å²) in [6.45, 7) is 1.39. The monoisotopic (exact) mass is 268 g/mol. The zero-order valence-electron chi connectivity index (χ0n) is 9.96. The number of carbonyl (C=O) groups is 2. The van der Waals surface area contributed by atoms with Crippen LogP contribution < -0.4 is 5.32 Å². The predicted octanol–water partition coefficient (Wildman–Crippen LogP) is 0.319. The van der Waals surface area contributed by atoms with E-state index >= 15 is 0 Å². The molecular formula is C12H16N2O3S. The molecule has 98 valence electrons. The number of hydrogen-bond donors (Lipinski definition) is 2. The van der Waals surface area contributed by atoms with Crippen LogP contribution in [0.25, 0.3) is 0 Å². The van der Waals surface area contributed by atoms with Gasteiger partial charge < -0.3 is 15.3 Å². The summed E-state index contributed by atoms with van der Waals surface area (Å²) in [4.78, 5) is 25.7. The quantitative estimate of drug-likeness (QED) is 0.826. The number of aliphatic hydroxyl groups excluding tert-OH is 1. The molecule has 0 bridgehead atoms. The van der Waals surface area contributed by atoms with E-state index in [9.17, 15) is 9.59 Å². The van der Waals surface area contributed by atoms with Crippen molar-refractivity contribution in [2.24, 2.45) is 5.92 Å². The molecule has 1 aromatic heterocycles. The fourth-order valence-electron chi connectivity index (χ4n) is 1.97. The average Bonchev–Trinajstić information content (AvgIpc) is 3.05. The molecule has 1 saturated heterocycles. The largest absolute Gasteiger partial charge is 0.396 e. The van der Waals surface area contributed by atoms with Crippen molar-refractivity contribution in [3.05, 3.63) is 22.4 Å². The van der Waals surface area contributed by atoms with E-state index < -0.39 is 0 Å². The summed E-state index contributed by atoms with van der Waals surface area (Å²) in [5.41, 5.74) is 0. The van der Waals surface area contributed by atoms with Crippen LogP contribution in [0.3, 0.4) is 0 Å². The van der Waals surface area contributed by atoms with Crippen LogP contribution in [0.1, 0.15) is 16.1 Å². The van der Waals surface area contributed by atoms with Crippen molar-refractivity contribution in [3.63, 3.8) is 0 Å². The molecule has 1 atom stereocenters. The van der Waals surface area contributed by atoms with Gasteiger partial charge in [-0.1, -0.05) is 6.07 Å². The first-order chi connectivity index (χ1) is 8.70. The molecule has 0 aromatic carbocycles. The van der Waals surface area contributed by atoms with Crippen LogP contribution in [0.4, 0.5) is 0 Å². The predicted molar refractivity (Wildman–Crippen MR) is 68.4 cm³/mol. The number of thiophene rings is 1. The number of carbonyl (C=O) groups excluding carboxylic acids is 2. The second kappa shape index (κ2) is 5.97. The number of rotatable bonds is 4. The highest BCUT2D eigenvalue weighted by molar-refractivity contribution is 7.12. The van der Waals surface area contributed by atoms with Gasteiger partial charge in [-0.15, -0.1) is 11.3 Å². The van der Waals surface area contributed by atoms with Gasteiger partial charge in [0.25, 0.3) is 5.91 Å². The van der Waals surface area contributed by atoms with Crippen molar-refractivity contribution in [2.45, 2.75) is 6.42 Å². The molecule has 0 saturated carbocycles. The summed E-state index contributed by atoms with van der Waals surface area (Å²) in [5, 5.41) is 13.4. The lowest BCUT2D eigenvalue weighted by atomic mass is 10.1. The highest BCUT2D eigenvalue weighted by atomic mass is 32.1. The second-order valence-corrected chi connectivity index (χ2v) is 5.28. The van der Waals surface area contributed by atoms with Gasteiger partial charge in [-0.2, -0.15) is 0 Å². The van der Waals surface area contributed by atoms with Crippen LogP contribution in [0.2, 0.25) is 0 Å². The maximum atomic E-state index is 11.8. The van der Waals surface area contributed by atoms with Gasteiger partial charge in [-0.25, -0.2) is 0 Å². The molecule has 0 radical (unpaired) electrons. The Labute approximate surface area is 109 Å². The van der Waals surface area contributed by atoms with E-state index in [0.29, 0.717) is 18.0 Å². The second-order valence-electron chi connectivity index (χ2n) is 4.34. The van der Waals surface area contributed by atoms with Gasteiger partial charge in [0.1, 0.15) is 0 Å². The van der Waals surface area contributed by atoms with Crippen molar-refractivity contribution in [1.29, 1.82) is 0 Å². The Morgan fingerprint density at radius 1 is 1.56 bits per heavy atom. The Morgan fingerprint density at radius 3 is 3.00 bits per heavy atom. The fourth-order valence-corrected chi connectivity index (χ4v) is 2.61. The minimum atomic E-state index is -0.212. The number of aliphatic hydroxyl groups is 1. The van der Waals surface area contributed by atoms with Crippen LogP contribution >= 0.6 is 11.3 Å². The Hall–Kier alpha value is -1.40. The van der Waals surface area contributed by atoms with Crippen molar-refractivity contribution in [3.8, 4) is 0 Å². The molecule has 1 aliphatic heterocycles. The Morgan fingerprint density at radius 2 is 2.39 bits per heavy atom. The summed E-state index contributed by atoms with van der Waals surface area (Å²) in [5.74, 6) is -0.117. The first-order valence-corrected chi connectivity index (χ1v) is 6.79. The van der Waals surface area contributed by atoms with E-state index in [1.165, 1.54) is 11.3 Å². The average molecular weight is 268 g/mol. The Balaban J connectivity index is 1.77. The lowest BCUT2D eigenvalue weighted by Gasteiger charge is -2.16. The van der Waals surface area contributed by atoms with Crippen LogP contribution in [0.5, 0.6) is 0 Å². The van der Waals surface area contributed by atoms with Gasteiger partial charge in [0.15, 0.2) is 0 Å². The maximum absolute atomic E-state index is 11.8. The number of nitrogens with zero attached hydrogens (tertiary/aromatic N) is 1. The number of nitrogens with one attached hydrogen (secondary N) is 1. The summed E-state index contributed by atoms with van der Waals surface area (Å²) in [6, 6.07) is 3.52. The first kappa shape index (κ1) is 13.0. The summed E-state index contributed by atoms with van der Waals surface area (Å²) >= 11 is 1.35. The molecule has 2 amide bonds. The zero-order valence-corrected chi connectivity index (χ0v) is 10.8. The maximum Gasteiger partial charge on any atom is 0.261 e. The zero-order chi connectivity index (χ0) is 13.0. The summed E-state index contributed by atoms with van der Waals surface area (Å²) in [7, 11) is 0. The molecule has 6 heteroatoms. The van der Waals surface area contributed by atoms with Crippen LogP contribution in [-0.2, 0) is 4.79 Å². The lowest BCUT2D eigenvalue weighted by molar-refractivity contribution is -0.129. The van der Waals surface area contributed by atoms with E-state index in [1.807, 2.05) is 5.38 Å². The Kier molecular flexibility index (Phi) is 4.33. The minimum absolute atomic E-state index is 0.0227. The van der Waals surface area contributed by atoms with Crippen molar-refractivity contribution in [2.75, 3.05) is 26.2 Å². The topological polar surface area (TPSA) is 69.6 Å². The number of hydrogen-bond acceptors (Lipinski definition) is 4. The molecule has 2 N–H and O–H groups in total. The smallest absolute Gasteiger partial charge is 0.261 e. The van der Waals surface area contributed by atoms with Gasteiger partial charge in [-0.05, 0) is 17.9 Å². The molecule has 18 heavy (non-hydrogen) atoms. The minimum Gasteiger partial charge on any atom is -0.396 e. The molecule has 1 unspecified atom stereocenters. The SMILES string of the molecule is O=C(NCC(=O)N1CCC(CO)C1)c1cccs1. The third-order valence-electron chi connectivity index (χ3n) is 3.04. The van der Waals surface area contributed by atoms with Crippen molar-refractivity contribution < 1.29 is 14.7 Å². The summed E-state index contributed by atoms with van der Waals surface area (Å²) in [6.07, 6.45) is 0.834. The van der Waals surface area contributed by atoms with Crippen LogP contribution in [-0.4, -0.2) is 48.1 Å². The summed E-state index contributed by atoms with van der Waals surface area (Å²) < 4.78 is 0. The van der Waals surface area contributed by atoms with Gasteiger partial charge in [0.05, 0.1) is 11.4 Å². The fraction of sp³-hybridized carbons (Fsp3) is 0.500. The number of likely N-dealkylation sites (tertiary alicyclic amines) is 1. The first-order valence-electron chi connectivity index (χ1n) is 5.91. The molecule has 1 aromatic rings. The molecular weight excluding hydrogens is 252 g/mol. The lowest BCUT2D eigenvalue weighted by Crippen LogP contribution is -2.39. The van der Waals surface area contributed by atoms with Crippen LogP contribution in [0.15, 0.2) is 17.5 Å². The van der Waals surface area contributed by atoms with Crippen molar-refractivity contribution >= 4 is 23.2 Å². The molecule has 1 fully saturated rings. The normalized spacial score (nSPS) is 18.9. The Bertz CT molecular complexity index is 419. The van der Waals surface area contributed by atoms with E-state index in [-0.39, 0.29) is 30.9 Å². The highest BCUT2D eigenvalue weighted by Crippen LogP contribution is 2.15. The van der Waals surface area contributed by atoms with Gasteiger partial charge in [-0.3, -0.25) is 9.59 Å². The van der Waals surface area contributed by atoms with Gasteiger partial charge in [0, 0.05) is 25.6 Å². The molecule has 0 aliphatic carbocycles. The third-order valence-corrected chi connectivity index (χ3v) is 3.91. The highest BCUT2D eigenvalue weighted by Gasteiger charge is 2.25. The van der Waals surface area contributed by atoms with E-state index in [4.69, 9.17) is 5.11 Å². The van der Waals surface area contributed by atoms with Crippen molar-refractivity contribution in [1.82, 2.24) is 10.2 Å². The molecule has 5 nitrogen and oxygen atoms in total. The van der Waals surface area contributed by atoms with E-state index in [0.717, 1.165) is 6.42 Å². The van der Waals surface area contributed by atoms with Crippen LogP contribution in [0, 0.1) is 5.92 Å². The number of amides is 2. The molecule has 2 heterocycles. The van der Waals surface area contributed by atoms with Gasteiger partial charge in [0.2, 0.25) is 5.91 Å². The molecule has 2 rings (SSSR count).